The van der Waals surface area contributed by atoms with Crippen LogP contribution in [0, 0.1) is 17.8 Å². The minimum Gasteiger partial charge on any atom is -0.462 e. The van der Waals surface area contributed by atoms with Crippen LogP contribution >= 0.6 is 0 Å². The summed E-state index contributed by atoms with van der Waals surface area (Å²) in [6.45, 7) is 13.8. The van der Waals surface area contributed by atoms with Gasteiger partial charge < -0.3 is 14.2 Å². The Morgan fingerprint density at radius 1 is 0.288 bits per heavy atom. The summed E-state index contributed by atoms with van der Waals surface area (Å²) in [6.07, 6.45) is 53.7. The molecule has 0 radical (unpaired) electrons. The lowest BCUT2D eigenvalue weighted by molar-refractivity contribution is -0.167. The molecular formula is C60H116O6. The molecule has 0 aromatic heterocycles. The van der Waals surface area contributed by atoms with Gasteiger partial charge in [0.15, 0.2) is 6.10 Å². The first-order valence-electron chi connectivity index (χ1n) is 29.7. The Morgan fingerprint density at radius 3 is 0.712 bits per heavy atom. The lowest BCUT2D eigenvalue weighted by Gasteiger charge is -2.18. The van der Waals surface area contributed by atoms with Gasteiger partial charge in [-0.05, 0) is 37.0 Å². The Morgan fingerprint density at radius 2 is 0.485 bits per heavy atom. The molecule has 6 nitrogen and oxygen atoms in total. The Bertz CT molecular complexity index is 1030. The molecule has 3 unspecified atom stereocenters. The molecule has 0 N–H and O–H groups in total. The number of carbonyl (C=O) groups is 3. The Hall–Kier alpha value is -1.59. The van der Waals surface area contributed by atoms with Crippen molar-refractivity contribution in [2.75, 3.05) is 13.2 Å². The van der Waals surface area contributed by atoms with Crippen molar-refractivity contribution in [1.29, 1.82) is 0 Å². The quantitative estimate of drug-likeness (QED) is 0.0343. The van der Waals surface area contributed by atoms with Gasteiger partial charge in [-0.2, -0.15) is 0 Å². The highest BCUT2D eigenvalue weighted by Crippen LogP contribution is 2.19. The van der Waals surface area contributed by atoms with Crippen molar-refractivity contribution in [1.82, 2.24) is 0 Å². The predicted octanol–water partition coefficient (Wildman–Crippen LogP) is 19.5. The lowest BCUT2D eigenvalue weighted by Crippen LogP contribution is -2.30. The molecule has 4 atom stereocenters. The van der Waals surface area contributed by atoms with Gasteiger partial charge in [-0.1, -0.05) is 292 Å². The van der Waals surface area contributed by atoms with Gasteiger partial charge in [0.2, 0.25) is 0 Å². The number of hydrogen-bond donors (Lipinski definition) is 0. The maximum absolute atomic E-state index is 12.8. The third-order valence-electron chi connectivity index (χ3n) is 14.7. The summed E-state index contributed by atoms with van der Waals surface area (Å²) in [6, 6.07) is 0. The summed E-state index contributed by atoms with van der Waals surface area (Å²) in [4.78, 5) is 38.1. The number of unbranched alkanes of at least 4 members (excludes halogenated alkanes) is 33. The van der Waals surface area contributed by atoms with Crippen molar-refractivity contribution in [2.45, 2.75) is 337 Å². The molecule has 0 aromatic rings. The first-order chi connectivity index (χ1) is 32.2. The van der Waals surface area contributed by atoms with Gasteiger partial charge in [0, 0.05) is 19.3 Å². The van der Waals surface area contributed by atoms with Crippen molar-refractivity contribution in [2.24, 2.45) is 17.8 Å². The summed E-state index contributed by atoms with van der Waals surface area (Å²) in [7, 11) is 0. The molecule has 0 aliphatic carbocycles. The van der Waals surface area contributed by atoms with Crippen LogP contribution in [0.25, 0.3) is 0 Å². The van der Waals surface area contributed by atoms with Gasteiger partial charge in [-0.25, -0.2) is 0 Å². The van der Waals surface area contributed by atoms with E-state index in [1.807, 2.05) is 0 Å². The molecule has 0 fully saturated rings. The third-order valence-corrected chi connectivity index (χ3v) is 14.7. The number of rotatable bonds is 53. The maximum Gasteiger partial charge on any atom is 0.306 e. The second kappa shape index (κ2) is 51.3. The average molecular weight is 934 g/mol. The number of hydrogen-bond acceptors (Lipinski definition) is 6. The number of carbonyl (C=O) groups excluding carboxylic acids is 3. The summed E-state index contributed by atoms with van der Waals surface area (Å²) in [5, 5.41) is 0. The van der Waals surface area contributed by atoms with Crippen molar-refractivity contribution in [3.8, 4) is 0 Å². The van der Waals surface area contributed by atoms with Crippen molar-refractivity contribution in [3.63, 3.8) is 0 Å². The van der Waals surface area contributed by atoms with E-state index in [1.165, 1.54) is 212 Å². The smallest absolute Gasteiger partial charge is 0.306 e. The van der Waals surface area contributed by atoms with Gasteiger partial charge >= 0.3 is 17.9 Å². The van der Waals surface area contributed by atoms with Crippen LogP contribution in [-0.4, -0.2) is 37.2 Å². The van der Waals surface area contributed by atoms with Crippen LogP contribution < -0.4 is 0 Å². The van der Waals surface area contributed by atoms with E-state index in [9.17, 15) is 14.4 Å². The highest BCUT2D eigenvalue weighted by Gasteiger charge is 2.19. The SMILES string of the molecule is CCC(C)CCCCCCCCCCCCCCCCCCCCC(=O)OC[C@@H](COC(=O)CCCCCCCCCCCCC(C)CC)OC(=O)CCCCCCCCCCC(C)CC. The normalized spacial score (nSPS) is 13.4. The molecule has 0 spiro atoms. The first-order valence-corrected chi connectivity index (χ1v) is 29.7. The van der Waals surface area contributed by atoms with E-state index in [1.54, 1.807) is 0 Å². The van der Waals surface area contributed by atoms with Gasteiger partial charge in [-0.15, -0.1) is 0 Å². The fraction of sp³-hybridized carbons (Fsp3) is 0.950. The zero-order valence-corrected chi connectivity index (χ0v) is 45.5. The molecule has 0 aromatic carbocycles. The zero-order valence-electron chi connectivity index (χ0n) is 45.5. The largest absolute Gasteiger partial charge is 0.462 e. The van der Waals surface area contributed by atoms with Crippen LogP contribution in [0.3, 0.4) is 0 Å². The molecule has 0 aliphatic heterocycles. The van der Waals surface area contributed by atoms with E-state index in [0.29, 0.717) is 19.3 Å². The molecule has 0 bridgehead atoms. The highest BCUT2D eigenvalue weighted by atomic mass is 16.6. The molecule has 392 valence electrons. The standard InChI is InChI=1S/C60H116O6/c1-7-54(4)46-40-34-28-22-18-16-14-12-10-11-13-15-17-19-24-31-37-43-49-58(61)64-52-57(66-60(63)51-45-39-33-27-26-30-36-42-48-56(6)9-3)53-65-59(62)50-44-38-32-25-21-20-23-29-35-41-47-55(5)8-2/h54-57H,7-53H2,1-6H3/t54?,55?,56?,57-/m0/s1. The molecule has 0 aliphatic rings. The third kappa shape index (κ3) is 48.9. The average Bonchev–Trinajstić information content (AvgIpc) is 3.32. The minimum atomic E-state index is -0.764. The summed E-state index contributed by atoms with van der Waals surface area (Å²) in [5.74, 6) is 1.78. The topological polar surface area (TPSA) is 78.9 Å². The molecule has 0 saturated heterocycles. The second-order valence-corrected chi connectivity index (χ2v) is 21.4. The van der Waals surface area contributed by atoms with Crippen molar-refractivity contribution < 1.29 is 28.6 Å². The van der Waals surface area contributed by atoms with E-state index in [0.717, 1.165) is 75.5 Å². The lowest BCUT2D eigenvalue weighted by atomic mass is 9.99. The summed E-state index contributed by atoms with van der Waals surface area (Å²) in [5.41, 5.74) is 0. The highest BCUT2D eigenvalue weighted by molar-refractivity contribution is 5.71. The zero-order chi connectivity index (χ0) is 48.4. The monoisotopic (exact) mass is 933 g/mol. The van der Waals surface area contributed by atoms with Crippen molar-refractivity contribution >= 4 is 17.9 Å². The second-order valence-electron chi connectivity index (χ2n) is 21.4. The van der Waals surface area contributed by atoms with Gasteiger partial charge in [0.05, 0.1) is 0 Å². The van der Waals surface area contributed by atoms with Crippen molar-refractivity contribution in [3.05, 3.63) is 0 Å². The Balaban J connectivity index is 4.23. The number of esters is 3. The van der Waals surface area contributed by atoms with Crippen LogP contribution in [-0.2, 0) is 28.6 Å². The first kappa shape index (κ1) is 64.4. The Kier molecular flexibility index (Phi) is 50.0. The van der Waals surface area contributed by atoms with E-state index in [4.69, 9.17) is 14.2 Å². The van der Waals surface area contributed by atoms with E-state index in [-0.39, 0.29) is 31.1 Å². The molecular weight excluding hydrogens is 817 g/mol. The number of ether oxygens (including phenoxy) is 3. The van der Waals surface area contributed by atoms with Gasteiger partial charge in [0.25, 0.3) is 0 Å². The summed E-state index contributed by atoms with van der Waals surface area (Å²) >= 11 is 0. The molecule has 66 heavy (non-hydrogen) atoms. The van der Waals surface area contributed by atoms with E-state index < -0.39 is 6.10 Å². The Labute approximate surface area is 412 Å². The van der Waals surface area contributed by atoms with Gasteiger partial charge in [0.1, 0.15) is 13.2 Å². The van der Waals surface area contributed by atoms with Crippen LogP contribution in [0.5, 0.6) is 0 Å². The van der Waals surface area contributed by atoms with Crippen LogP contribution in [0.15, 0.2) is 0 Å². The van der Waals surface area contributed by atoms with Crippen LogP contribution in [0.4, 0.5) is 0 Å². The molecule has 0 heterocycles. The predicted molar refractivity (Wildman–Crippen MR) is 284 cm³/mol. The molecule has 6 heteroatoms. The molecule has 0 saturated carbocycles. The fourth-order valence-corrected chi connectivity index (χ4v) is 9.08. The minimum absolute atomic E-state index is 0.0640. The molecule has 0 rings (SSSR count). The summed E-state index contributed by atoms with van der Waals surface area (Å²) < 4.78 is 16.9. The van der Waals surface area contributed by atoms with E-state index in [2.05, 4.69) is 41.5 Å². The van der Waals surface area contributed by atoms with Crippen LogP contribution in [0.1, 0.15) is 330 Å². The maximum atomic E-state index is 12.8. The fourth-order valence-electron chi connectivity index (χ4n) is 9.08. The van der Waals surface area contributed by atoms with E-state index >= 15 is 0 Å². The molecule has 0 amide bonds. The van der Waals surface area contributed by atoms with Gasteiger partial charge in [-0.3, -0.25) is 14.4 Å². The van der Waals surface area contributed by atoms with Crippen LogP contribution in [0.2, 0.25) is 0 Å².